The van der Waals surface area contributed by atoms with E-state index in [0.717, 1.165) is 23.9 Å². The number of aromatic nitrogens is 5. The van der Waals surface area contributed by atoms with E-state index in [1.165, 1.54) is 0 Å². The van der Waals surface area contributed by atoms with E-state index in [1.54, 1.807) is 18.6 Å². The highest BCUT2D eigenvalue weighted by Crippen LogP contribution is 2.25. The van der Waals surface area contributed by atoms with Gasteiger partial charge in [0.05, 0.1) is 31.4 Å². The molecule has 0 aliphatic carbocycles. The van der Waals surface area contributed by atoms with Crippen LogP contribution >= 0.6 is 0 Å². The van der Waals surface area contributed by atoms with Gasteiger partial charge in [-0.25, -0.2) is 9.97 Å². The summed E-state index contributed by atoms with van der Waals surface area (Å²) in [5, 5.41) is 10.5. The highest BCUT2D eigenvalue weighted by atomic mass is 16.5. The lowest BCUT2D eigenvalue weighted by Gasteiger charge is -2.16. The molecule has 2 N–H and O–H groups in total. The Hall–Kier alpha value is -2.02. The van der Waals surface area contributed by atoms with Gasteiger partial charge in [0.25, 0.3) is 0 Å². The fourth-order valence-corrected chi connectivity index (χ4v) is 2.15. The van der Waals surface area contributed by atoms with E-state index in [0.29, 0.717) is 13.2 Å². The molecular weight excluding hydrogens is 244 g/mol. The van der Waals surface area contributed by atoms with E-state index in [4.69, 9.17) is 4.74 Å². The molecule has 0 radical (unpaired) electrons. The number of hydrogen-bond acceptors (Lipinski definition) is 6. The van der Waals surface area contributed by atoms with Gasteiger partial charge in [0.15, 0.2) is 5.82 Å². The molecule has 0 saturated carbocycles. The smallest absolute Gasteiger partial charge is 0.158 e. The largest absolute Gasteiger partial charge is 0.378 e. The minimum Gasteiger partial charge on any atom is -0.378 e. The van der Waals surface area contributed by atoms with Crippen LogP contribution in [0.1, 0.15) is 24.5 Å². The van der Waals surface area contributed by atoms with Crippen molar-refractivity contribution in [1.82, 2.24) is 25.1 Å². The molecule has 3 heterocycles. The van der Waals surface area contributed by atoms with E-state index < -0.39 is 0 Å². The number of anilines is 1. The summed E-state index contributed by atoms with van der Waals surface area (Å²) >= 11 is 0. The van der Waals surface area contributed by atoms with Gasteiger partial charge in [-0.3, -0.25) is 10.1 Å². The molecule has 100 valence electrons. The van der Waals surface area contributed by atoms with Gasteiger partial charge in [-0.2, -0.15) is 5.10 Å². The average molecular weight is 260 g/mol. The first kappa shape index (κ1) is 12.0. The number of aryl methyl sites for hydroxylation is 1. The Kier molecular flexibility index (Phi) is 3.37. The topological polar surface area (TPSA) is 88.6 Å². The number of nitrogens with one attached hydrogen (secondary N) is 2. The lowest BCUT2D eigenvalue weighted by atomic mass is 10.0. The third-order valence-electron chi connectivity index (χ3n) is 3.19. The second-order valence-corrected chi connectivity index (χ2v) is 4.48. The quantitative estimate of drug-likeness (QED) is 0.843. The first-order chi connectivity index (χ1) is 9.36. The summed E-state index contributed by atoms with van der Waals surface area (Å²) in [4.78, 5) is 12.7. The molecule has 7 nitrogen and oxygen atoms in total. The van der Waals surface area contributed by atoms with Gasteiger partial charge in [-0.05, 0) is 0 Å². The summed E-state index contributed by atoms with van der Waals surface area (Å²) in [7, 11) is 0. The fourth-order valence-electron chi connectivity index (χ4n) is 2.15. The van der Waals surface area contributed by atoms with Gasteiger partial charge < -0.3 is 10.1 Å². The molecule has 0 aromatic carbocycles. The number of nitrogens with zero attached hydrogens (tertiary/aromatic N) is 4. The third-order valence-corrected chi connectivity index (χ3v) is 3.19. The Morgan fingerprint density at radius 1 is 1.42 bits per heavy atom. The minimum absolute atomic E-state index is 0.122. The maximum absolute atomic E-state index is 5.53. The molecule has 1 aliphatic heterocycles. The first-order valence-corrected chi connectivity index (χ1v) is 6.38. The number of rotatable bonds is 4. The molecule has 3 rings (SSSR count). The van der Waals surface area contributed by atoms with Crippen LogP contribution < -0.4 is 5.32 Å². The van der Waals surface area contributed by atoms with Gasteiger partial charge in [-0.1, -0.05) is 6.92 Å². The molecule has 0 unspecified atom stereocenters. The minimum atomic E-state index is 0.122. The molecule has 0 bridgehead atoms. The van der Waals surface area contributed by atoms with Crippen LogP contribution in [0.25, 0.3) is 0 Å². The highest BCUT2D eigenvalue weighted by Gasteiger charge is 2.32. The van der Waals surface area contributed by atoms with Crippen molar-refractivity contribution in [3.05, 3.63) is 30.2 Å². The SMILES string of the molecule is CCc1nc([C@@H]2COC[C@@H]2Nc2cnccn2)n[nH]1. The van der Waals surface area contributed by atoms with Crippen LogP contribution in [0, 0.1) is 0 Å². The van der Waals surface area contributed by atoms with Crippen molar-refractivity contribution in [1.29, 1.82) is 0 Å². The van der Waals surface area contributed by atoms with E-state index in [-0.39, 0.29) is 12.0 Å². The lowest BCUT2D eigenvalue weighted by molar-refractivity contribution is 0.191. The van der Waals surface area contributed by atoms with Crippen LogP contribution in [0.3, 0.4) is 0 Å². The molecule has 1 aliphatic rings. The van der Waals surface area contributed by atoms with Crippen LogP contribution in [-0.4, -0.2) is 44.4 Å². The second-order valence-electron chi connectivity index (χ2n) is 4.48. The predicted molar refractivity (Wildman–Crippen MR) is 68.8 cm³/mol. The normalized spacial score (nSPS) is 22.6. The van der Waals surface area contributed by atoms with Crippen molar-refractivity contribution >= 4 is 5.82 Å². The number of ether oxygens (including phenoxy) is 1. The lowest BCUT2D eigenvalue weighted by Crippen LogP contribution is -2.27. The van der Waals surface area contributed by atoms with Crippen molar-refractivity contribution in [3.8, 4) is 0 Å². The number of aromatic amines is 1. The van der Waals surface area contributed by atoms with E-state index in [2.05, 4.69) is 30.5 Å². The van der Waals surface area contributed by atoms with E-state index in [1.807, 2.05) is 6.92 Å². The standard InChI is InChI=1S/C12H16N6O/c1-2-10-16-12(18-17-10)8-6-19-7-9(8)15-11-5-13-3-4-14-11/h3-5,8-9H,2,6-7H2,1H3,(H,14,15)(H,16,17,18)/t8-,9+/m1/s1. The third kappa shape index (κ3) is 2.55. The van der Waals surface area contributed by atoms with Crippen molar-refractivity contribution in [2.75, 3.05) is 18.5 Å². The van der Waals surface area contributed by atoms with Crippen LogP contribution in [0.5, 0.6) is 0 Å². The summed E-state index contributed by atoms with van der Waals surface area (Å²) in [5.41, 5.74) is 0. The summed E-state index contributed by atoms with van der Waals surface area (Å²) in [6, 6.07) is 0.122. The summed E-state index contributed by atoms with van der Waals surface area (Å²) < 4.78 is 5.53. The van der Waals surface area contributed by atoms with Crippen LogP contribution in [0.15, 0.2) is 18.6 Å². The highest BCUT2D eigenvalue weighted by molar-refractivity contribution is 5.33. The van der Waals surface area contributed by atoms with Gasteiger partial charge in [0, 0.05) is 18.8 Å². The predicted octanol–water partition coefficient (Wildman–Crippen LogP) is 0.752. The van der Waals surface area contributed by atoms with Gasteiger partial charge in [-0.15, -0.1) is 0 Å². The molecule has 1 saturated heterocycles. The Balaban J connectivity index is 1.74. The van der Waals surface area contributed by atoms with Gasteiger partial charge in [0.1, 0.15) is 11.6 Å². The summed E-state index contributed by atoms with van der Waals surface area (Å²) in [6.07, 6.45) is 5.86. The molecule has 2 aromatic rings. The van der Waals surface area contributed by atoms with Crippen molar-refractivity contribution < 1.29 is 4.74 Å². The van der Waals surface area contributed by atoms with Crippen LogP contribution in [0.4, 0.5) is 5.82 Å². The van der Waals surface area contributed by atoms with Gasteiger partial charge in [0.2, 0.25) is 0 Å². The second kappa shape index (κ2) is 5.31. The first-order valence-electron chi connectivity index (χ1n) is 6.38. The van der Waals surface area contributed by atoms with E-state index in [9.17, 15) is 0 Å². The Bertz CT molecular complexity index is 528. The summed E-state index contributed by atoms with van der Waals surface area (Å²) in [5.74, 6) is 2.59. The molecule has 0 amide bonds. The van der Waals surface area contributed by atoms with E-state index >= 15 is 0 Å². The van der Waals surface area contributed by atoms with Gasteiger partial charge >= 0.3 is 0 Å². The zero-order valence-corrected chi connectivity index (χ0v) is 10.7. The molecule has 19 heavy (non-hydrogen) atoms. The van der Waals surface area contributed by atoms with Crippen LogP contribution in [0.2, 0.25) is 0 Å². The van der Waals surface area contributed by atoms with Crippen molar-refractivity contribution in [2.24, 2.45) is 0 Å². The Labute approximate surface area is 110 Å². The maximum atomic E-state index is 5.53. The maximum Gasteiger partial charge on any atom is 0.158 e. The molecule has 2 atom stereocenters. The zero-order chi connectivity index (χ0) is 13.1. The van der Waals surface area contributed by atoms with Crippen molar-refractivity contribution in [3.63, 3.8) is 0 Å². The zero-order valence-electron chi connectivity index (χ0n) is 10.7. The number of H-pyrrole nitrogens is 1. The number of hydrogen-bond donors (Lipinski definition) is 2. The monoisotopic (exact) mass is 260 g/mol. The molecule has 2 aromatic heterocycles. The molecule has 0 spiro atoms. The Morgan fingerprint density at radius 2 is 2.37 bits per heavy atom. The fraction of sp³-hybridized carbons (Fsp3) is 0.500. The van der Waals surface area contributed by atoms with Crippen LogP contribution in [-0.2, 0) is 11.2 Å². The molecule has 1 fully saturated rings. The molecular formula is C12H16N6O. The average Bonchev–Trinajstić information content (AvgIpc) is 3.08. The van der Waals surface area contributed by atoms with Crippen molar-refractivity contribution in [2.45, 2.75) is 25.3 Å². The summed E-state index contributed by atoms with van der Waals surface area (Å²) in [6.45, 7) is 3.29. The molecule has 7 heteroatoms. The Morgan fingerprint density at radius 3 is 3.11 bits per heavy atom.